The average molecular weight is 302 g/mol. The number of aliphatic hydroxyl groups excluding tert-OH is 1. The zero-order valence-corrected chi connectivity index (χ0v) is 13.6. The van der Waals surface area contributed by atoms with Crippen molar-refractivity contribution in [2.24, 2.45) is 28.6 Å². The molecule has 0 aromatic heterocycles. The number of aliphatic hydroxyl groups is 1. The number of hydrogen-bond donors (Lipinski definition) is 1. The highest BCUT2D eigenvalue weighted by Crippen LogP contribution is 2.63. The van der Waals surface area contributed by atoms with Crippen LogP contribution in [-0.4, -0.2) is 22.8 Å². The van der Waals surface area contributed by atoms with Crippen LogP contribution < -0.4 is 0 Å². The highest BCUT2D eigenvalue weighted by Gasteiger charge is 2.60. The van der Waals surface area contributed by atoms with Crippen LogP contribution in [0.5, 0.6) is 0 Å². The first-order chi connectivity index (χ1) is 10.4. The second kappa shape index (κ2) is 4.53. The van der Waals surface area contributed by atoms with Crippen molar-refractivity contribution < 1.29 is 14.7 Å². The molecule has 0 heterocycles. The molecule has 0 aromatic rings. The molecule has 0 aliphatic heterocycles. The highest BCUT2D eigenvalue weighted by atomic mass is 16.3. The van der Waals surface area contributed by atoms with Gasteiger partial charge < -0.3 is 5.11 Å². The summed E-state index contributed by atoms with van der Waals surface area (Å²) in [5.41, 5.74) is 0.975. The molecule has 0 unspecified atom stereocenters. The summed E-state index contributed by atoms with van der Waals surface area (Å²) in [6.45, 7) is 4.40. The standard InChI is InChI=1S/C19H26O3/c1-18-7-5-12(20)9-11(18)10-15(21)17-13-3-4-16(22)19(13,2)8-6-14(17)18/h10,12-14,17,20H,3-9H2,1-2H3/t12-,13-,14-,17-,18+,19-/m1/s1. The summed E-state index contributed by atoms with van der Waals surface area (Å²) in [5.74, 6) is 1.26. The van der Waals surface area contributed by atoms with Crippen molar-refractivity contribution in [1.82, 2.24) is 0 Å². The van der Waals surface area contributed by atoms with Gasteiger partial charge in [-0.05, 0) is 61.9 Å². The van der Waals surface area contributed by atoms with Crippen molar-refractivity contribution in [2.45, 2.75) is 64.9 Å². The van der Waals surface area contributed by atoms with Gasteiger partial charge in [0.15, 0.2) is 5.78 Å². The Balaban J connectivity index is 1.76. The predicted octanol–water partition coefficient (Wildman–Crippen LogP) is 3.06. The molecule has 4 rings (SSSR count). The maximum absolute atomic E-state index is 12.9. The lowest BCUT2D eigenvalue weighted by Gasteiger charge is -2.55. The number of carbonyl (C=O) groups excluding carboxylic acids is 2. The molecule has 120 valence electrons. The molecule has 3 saturated carbocycles. The Hall–Kier alpha value is -0.960. The topological polar surface area (TPSA) is 54.4 Å². The third-order valence-corrected chi connectivity index (χ3v) is 7.63. The van der Waals surface area contributed by atoms with Crippen LogP contribution in [0.15, 0.2) is 11.6 Å². The lowest BCUT2D eigenvalue weighted by molar-refractivity contribution is -0.139. The molecule has 0 spiro atoms. The molecule has 0 radical (unpaired) electrons. The fourth-order valence-electron chi connectivity index (χ4n) is 6.16. The highest BCUT2D eigenvalue weighted by molar-refractivity contribution is 5.96. The van der Waals surface area contributed by atoms with E-state index in [1.165, 1.54) is 5.57 Å². The minimum atomic E-state index is -0.286. The van der Waals surface area contributed by atoms with Gasteiger partial charge in [-0.25, -0.2) is 0 Å². The van der Waals surface area contributed by atoms with Crippen LogP contribution in [0, 0.1) is 28.6 Å². The molecule has 4 aliphatic rings. The fraction of sp³-hybridized carbons (Fsp3) is 0.789. The zero-order chi connectivity index (χ0) is 15.7. The molecule has 1 N–H and O–H groups in total. The number of hydrogen-bond acceptors (Lipinski definition) is 3. The maximum Gasteiger partial charge on any atom is 0.159 e. The molecule has 3 heteroatoms. The van der Waals surface area contributed by atoms with E-state index in [1.807, 2.05) is 6.08 Å². The Labute approximate surface area is 132 Å². The Morgan fingerprint density at radius 3 is 2.50 bits per heavy atom. The summed E-state index contributed by atoms with van der Waals surface area (Å²) in [5, 5.41) is 9.97. The number of ketones is 2. The smallest absolute Gasteiger partial charge is 0.159 e. The summed E-state index contributed by atoms with van der Waals surface area (Å²) < 4.78 is 0. The lowest BCUT2D eigenvalue weighted by Crippen LogP contribution is -2.53. The van der Waals surface area contributed by atoms with E-state index in [2.05, 4.69) is 13.8 Å². The molecular weight excluding hydrogens is 276 g/mol. The molecular formula is C19H26O3. The van der Waals surface area contributed by atoms with Crippen molar-refractivity contribution in [3.05, 3.63) is 11.6 Å². The third kappa shape index (κ3) is 1.72. The predicted molar refractivity (Wildman–Crippen MR) is 83.1 cm³/mol. The summed E-state index contributed by atoms with van der Waals surface area (Å²) in [4.78, 5) is 25.2. The number of Topliss-reactive ketones (excluding diaryl/α,β-unsaturated/α-hetero) is 1. The van der Waals surface area contributed by atoms with E-state index in [9.17, 15) is 14.7 Å². The van der Waals surface area contributed by atoms with E-state index in [0.717, 1.165) is 32.1 Å². The first kappa shape index (κ1) is 14.6. The van der Waals surface area contributed by atoms with Gasteiger partial charge in [-0.2, -0.15) is 0 Å². The van der Waals surface area contributed by atoms with E-state index in [4.69, 9.17) is 0 Å². The first-order valence-electron chi connectivity index (χ1n) is 8.82. The SMILES string of the molecule is C[C@@]12CC[C@@H]3[C@H](C(=O)C=C4C[C@H](O)CC[C@@]43C)[C@H]1CCC2=O. The van der Waals surface area contributed by atoms with Gasteiger partial charge in [-0.15, -0.1) is 0 Å². The van der Waals surface area contributed by atoms with Gasteiger partial charge in [-0.3, -0.25) is 9.59 Å². The molecule has 0 amide bonds. The monoisotopic (exact) mass is 302 g/mol. The first-order valence-corrected chi connectivity index (χ1v) is 8.82. The van der Waals surface area contributed by atoms with Crippen molar-refractivity contribution in [1.29, 1.82) is 0 Å². The number of carbonyl (C=O) groups is 2. The van der Waals surface area contributed by atoms with Gasteiger partial charge in [0, 0.05) is 17.8 Å². The van der Waals surface area contributed by atoms with E-state index < -0.39 is 0 Å². The second-order valence-corrected chi connectivity index (χ2v) is 8.54. The Morgan fingerprint density at radius 2 is 1.73 bits per heavy atom. The van der Waals surface area contributed by atoms with Crippen LogP contribution in [0.4, 0.5) is 0 Å². The number of fused-ring (bicyclic) bond motifs is 5. The van der Waals surface area contributed by atoms with Gasteiger partial charge in [0.05, 0.1) is 6.10 Å². The molecule has 22 heavy (non-hydrogen) atoms. The molecule has 0 bridgehead atoms. The third-order valence-electron chi connectivity index (χ3n) is 7.63. The van der Waals surface area contributed by atoms with E-state index >= 15 is 0 Å². The largest absolute Gasteiger partial charge is 0.393 e. The van der Waals surface area contributed by atoms with E-state index in [-0.39, 0.29) is 34.6 Å². The Kier molecular flexibility index (Phi) is 3.01. The Bertz CT molecular complexity index is 577. The van der Waals surface area contributed by atoms with Gasteiger partial charge in [-0.1, -0.05) is 19.4 Å². The summed E-state index contributed by atoms with van der Waals surface area (Å²) in [6.07, 6.45) is 7.51. The van der Waals surface area contributed by atoms with Gasteiger partial charge in [0.1, 0.15) is 5.78 Å². The van der Waals surface area contributed by atoms with Crippen molar-refractivity contribution in [2.75, 3.05) is 0 Å². The molecule has 3 fully saturated rings. The lowest BCUT2D eigenvalue weighted by atomic mass is 9.48. The van der Waals surface area contributed by atoms with Gasteiger partial charge >= 0.3 is 0 Å². The van der Waals surface area contributed by atoms with Crippen molar-refractivity contribution >= 4 is 11.6 Å². The maximum atomic E-state index is 12.9. The average Bonchev–Trinajstić information content (AvgIpc) is 2.77. The van der Waals surface area contributed by atoms with Gasteiger partial charge in [0.2, 0.25) is 0 Å². The molecule has 4 aliphatic carbocycles. The number of allylic oxidation sites excluding steroid dienone is 1. The van der Waals surface area contributed by atoms with Crippen LogP contribution in [0.2, 0.25) is 0 Å². The zero-order valence-electron chi connectivity index (χ0n) is 13.6. The number of rotatable bonds is 0. The summed E-state index contributed by atoms with van der Waals surface area (Å²) in [7, 11) is 0. The normalized spacial score (nSPS) is 51.0. The summed E-state index contributed by atoms with van der Waals surface area (Å²) in [6, 6.07) is 0. The van der Waals surface area contributed by atoms with E-state index in [1.54, 1.807) is 0 Å². The second-order valence-electron chi connectivity index (χ2n) is 8.54. The van der Waals surface area contributed by atoms with E-state index in [0.29, 0.717) is 24.5 Å². The minimum Gasteiger partial charge on any atom is -0.393 e. The van der Waals surface area contributed by atoms with Crippen LogP contribution in [0.3, 0.4) is 0 Å². The molecule has 3 nitrogen and oxygen atoms in total. The molecule has 6 atom stereocenters. The van der Waals surface area contributed by atoms with Crippen LogP contribution in [0.25, 0.3) is 0 Å². The van der Waals surface area contributed by atoms with Crippen LogP contribution in [0.1, 0.15) is 58.8 Å². The van der Waals surface area contributed by atoms with Crippen molar-refractivity contribution in [3.63, 3.8) is 0 Å². The molecule has 0 aromatic carbocycles. The quantitative estimate of drug-likeness (QED) is 0.748. The Morgan fingerprint density at radius 1 is 1.05 bits per heavy atom. The minimum absolute atomic E-state index is 0.0363. The molecule has 0 saturated heterocycles. The fourth-order valence-corrected chi connectivity index (χ4v) is 6.16. The van der Waals surface area contributed by atoms with Gasteiger partial charge in [0.25, 0.3) is 0 Å². The van der Waals surface area contributed by atoms with Crippen LogP contribution in [-0.2, 0) is 9.59 Å². The summed E-state index contributed by atoms with van der Waals surface area (Å²) >= 11 is 0. The van der Waals surface area contributed by atoms with Crippen molar-refractivity contribution in [3.8, 4) is 0 Å². The van der Waals surface area contributed by atoms with Crippen LogP contribution >= 0.6 is 0 Å².